The van der Waals surface area contributed by atoms with Gasteiger partial charge in [0.15, 0.2) is 0 Å². The number of carbonyl (C=O) groups excluding carboxylic acids is 1. The van der Waals surface area contributed by atoms with Gasteiger partial charge in [-0.15, -0.1) is 0 Å². The number of carbonyl (C=O) groups is 1. The number of aliphatic hydroxyl groups excluding tert-OH is 1. The maximum absolute atomic E-state index is 10.3. The Bertz CT molecular complexity index is 473. The van der Waals surface area contributed by atoms with Crippen molar-refractivity contribution in [1.82, 2.24) is 5.32 Å². The Morgan fingerprint density at radius 2 is 2.25 bits per heavy atom. The molecule has 1 aromatic carbocycles. The van der Waals surface area contributed by atoms with E-state index in [4.69, 9.17) is 15.7 Å². The van der Waals surface area contributed by atoms with Crippen molar-refractivity contribution in [2.75, 3.05) is 26.3 Å². The Kier molecular flexibility index (Phi) is 6.89. The molecule has 0 saturated carbocycles. The van der Waals surface area contributed by atoms with Gasteiger partial charge in [-0.3, -0.25) is 0 Å². The fraction of sp³-hybridized carbons (Fsp3) is 0.385. The zero-order valence-corrected chi connectivity index (χ0v) is 10.9. The zero-order chi connectivity index (χ0) is 14.8. The van der Waals surface area contributed by atoms with E-state index >= 15 is 0 Å². The number of nitrogens with zero attached hydrogens (tertiary/aromatic N) is 1. The summed E-state index contributed by atoms with van der Waals surface area (Å²) in [6.45, 7) is 0.855. The van der Waals surface area contributed by atoms with Crippen LogP contribution in [0.2, 0.25) is 0 Å². The number of rotatable bonds is 8. The molecule has 0 aliphatic rings. The Morgan fingerprint density at radius 3 is 2.95 bits per heavy atom. The predicted molar refractivity (Wildman–Crippen MR) is 71.1 cm³/mol. The van der Waals surface area contributed by atoms with Gasteiger partial charge in [0.05, 0.1) is 5.56 Å². The molecule has 0 aliphatic heterocycles. The van der Waals surface area contributed by atoms with Gasteiger partial charge in [-0.2, -0.15) is 5.26 Å². The fourth-order valence-corrected chi connectivity index (χ4v) is 1.42. The van der Waals surface area contributed by atoms with Gasteiger partial charge >= 0.3 is 6.09 Å². The molecule has 0 aliphatic carbocycles. The first-order chi connectivity index (χ1) is 9.63. The van der Waals surface area contributed by atoms with Crippen LogP contribution in [0, 0.1) is 11.3 Å². The first-order valence-electron chi connectivity index (χ1n) is 6.06. The van der Waals surface area contributed by atoms with Gasteiger partial charge in [0, 0.05) is 13.1 Å². The first-order valence-corrected chi connectivity index (χ1v) is 6.06. The third-order valence-electron chi connectivity index (χ3n) is 2.34. The number of amides is 1. The maximum Gasteiger partial charge on any atom is 0.404 e. The van der Waals surface area contributed by atoms with E-state index in [1.807, 2.05) is 6.07 Å². The number of nitrogens with one attached hydrogen (secondary N) is 1. The summed E-state index contributed by atoms with van der Waals surface area (Å²) >= 11 is 0. The Hall–Kier alpha value is -2.30. The molecule has 1 amide bonds. The van der Waals surface area contributed by atoms with E-state index in [0.29, 0.717) is 17.9 Å². The SMILES string of the molecule is N#Cc1ccccc1OCC(O)CNCCOC(N)=O. The van der Waals surface area contributed by atoms with Crippen LogP contribution in [0.4, 0.5) is 4.79 Å². The Balaban J connectivity index is 2.21. The average molecular weight is 279 g/mol. The lowest BCUT2D eigenvalue weighted by Gasteiger charge is -2.13. The van der Waals surface area contributed by atoms with Crippen molar-refractivity contribution in [2.45, 2.75) is 6.10 Å². The van der Waals surface area contributed by atoms with Gasteiger partial charge in [0.2, 0.25) is 0 Å². The highest BCUT2D eigenvalue weighted by atomic mass is 16.5. The summed E-state index contributed by atoms with van der Waals surface area (Å²) in [5.74, 6) is 0.436. The largest absolute Gasteiger partial charge is 0.489 e. The third-order valence-corrected chi connectivity index (χ3v) is 2.34. The molecular weight excluding hydrogens is 262 g/mol. The standard InChI is InChI=1S/C13H17N3O4/c14-7-10-3-1-2-4-12(10)20-9-11(17)8-16-5-6-19-13(15)18/h1-4,11,16-17H,5-6,8-9H2,(H2,15,18). The minimum absolute atomic E-state index is 0.0579. The average Bonchev–Trinajstić information content (AvgIpc) is 2.44. The molecule has 1 aromatic rings. The van der Waals surface area contributed by atoms with Crippen LogP contribution in [-0.2, 0) is 4.74 Å². The number of aliphatic hydroxyl groups is 1. The molecule has 0 radical (unpaired) electrons. The van der Waals surface area contributed by atoms with E-state index < -0.39 is 12.2 Å². The number of ether oxygens (including phenoxy) is 2. The number of nitriles is 1. The van der Waals surface area contributed by atoms with Crippen molar-refractivity contribution in [3.05, 3.63) is 29.8 Å². The normalized spacial score (nSPS) is 11.4. The maximum atomic E-state index is 10.3. The van der Waals surface area contributed by atoms with Gasteiger partial charge in [-0.25, -0.2) is 4.79 Å². The summed E-state index contributed by atoms with van der Waals surface area (Å²) in [7, 11) is 0. The number of hydrogen-bond donors (Lipinski definition) is 3. The number of nitrogens with two attached hydrogens (primary N) is 1. The lowest BCUT2D eigenvalue weighted by atomic mass is 10.2. The molecule has 7 nitrogen and oxygen atoms in total. The van der Waals surface area contributed by atoms with E-state index in [1.165, 1.54) is 0 Å². The summed E-state index contributed by atoms with van der Waals surface area (Å²) in [4.78, 5) is 10.3. The smallest absolute Gasteiger partial charge is 0.404 e. The van der Waals surface area contributed by atoms with Crippen molar-refractivity contribution >= 4 is 6.09 Å². The molecule has 1 rings (SSSR count). The monoisotopic (exact) mass is 279 g/mol. The van der Waals surface area contributed by atoms with Crippen LogP contribution in [-0.4, -0.2) is 43.6 Å². The molecule has 0 saturated heterocycles. The second kappa shape index (κ2) is 8.74. The third kappa shape index (κ3) is 6.04. The molecule has 4 N–H and O–H groups in total. The quantitative estimate of drug-likeness (QED) is 0.576. The van der Waals surface area contributed by atoms with Crippen LogP contribution in [0.1, 0.15) is 5.56 Å². The van der Waals surface area contributed by atoms with Gasteiger partial charge in [-0.1, -0.05) is 12.1 Å². The molecule has 0 fully saturated rings. The van der Waals surface area contributed by atoms with Gasteiger partial charge in [-0.05, 0) is 12.1 Å². The van der Waals surface area contributed by atoms with E-state index in [9.17, 15) is 9.90 Å². The fourth-order valence-electron chi connectivity index (χ4n) is 1.42. The molecule has 0 aromatic heterocycles. The Morgan fingerprint density at radius 1 is 1.50 bits per heavy atom. The van der Waals surface area contributed by atoms with Crippen LogP contribution in [0.15, 0.2) is 24.3 Å². The number of benzene rings is 1. The van der Waals surface area contributed by atoms with E-state index in [1.54, 1.807) is 24.3 Å². The van der Waals surface area contributed by atoms with E-state index in [0.717, 1.165) is 0 Å². The Labute approximate surface area is 116 Å². The molecule has 7 heteroatoms. The van der Waals surface area contributed by atoms with E-state index in [2.05, 4.69) is 10.1 Å². The first kappa shape index (κ1) is 15.8. The van der Waals surface area contributed by atoms with Crippen molar-refractivity contribution in [2.24, 2.45) is 5.73 Å². The summed E-state index contributed by atoms with van der Waals surface area (Å²) in [6, 6.07) is 8.80. The number of hydrogen-bond acceptors (Lipinski definition) is 6. The van der Waals surface area contributed by atoms with Crippen LogP contribution in [0.25, 0.3) is 0 Å². The lowest BCUT2D eigenvalue weighted by molar-refractivity contribution is 0.103. The number of para-hydroxylation sites is 1. The zero-order valence-electron chi connectivity index (χ0n) is 10.9. The molecule has 0 heterocycles. The van der Waals surface area contributed by atoms with Crippen LogP contribution >= 0.6 is 0 Å². The molecule has 1 atom stereocenters. The summed E-state index contributed by atoms with van der Waals surface area (Å²) < 4.78 is 9.88. The van der Waals surface area contributed by atoms with Crippen LogP contribution in [0.5, 0.6) is 5.75 Å². The minimum atomic E-state index is -0.830. The highest BCUT2D eigenvalue weighted by molar-refractivity contribution is 5.64. The van der Waals surface area contributed by atoms with E-state index in [-0.39, 0.29) is 19.8 Å². The molecule has 1 unspecified atom stereocenters. The molecule has 108 valence electrons. The van der Waals surface area contributed by atoms with Crippen LogP contribution < -0.4 is 15.8 Å². The lowest BCUT2D eigenvalue weighted by Crippen LogP contribution is -2.34. The summed E-state index contributed by atoms with van der Waals surface area (Å²) in [5, 5.41) is 21.4. The highest BCUT2D eigenvalue weighted by Crippen LogP contribution is 2.16. The minimum Gasteiger partial charge on any atom is -0.489 e. The second-order valence-corrected chi connectivity index (χ2v) is 3.94. The van der Waals surface area contributed by atoms with Gasteiger partial charge in [0.1, 0.15) is 31.1 Å². The summed E-state index contributed by atoms with van der Waals surface area (Å²) in [5.41, 5.74) is 5.21. The van der Waals surface area contributed by atoms with Crippen molar-refractivity contribution in [3.8, 4) is 11.8 Å². The van der Waals surface area contributed by atoms with Crippen LogP contribution in [0.3, 0.4) is 0 Å². The van der Waals surface area contributed by atoms with Gasteiger partial charge in [0.25, 0.3) is 0 Å². The molecular formula is C13H17N3O4. The van der Waals surface area contributed by atoms with Crippen molar-refractivity contribution < 1.29 is 19.4 Å². The number of primary amides is 1. The second-order valence-electron chi connectivity index (χ2n) is 3.94. The highest BCUT2D eigenvalue weighted by Gasteiger charge is 2.07. The molecule has 0 spiro atoms. The molecule has 0 bridgehead atoms. The summed E-state index contributed by atoms with van der Waals surface area (Å²) in [6.07, 6.45) is -1.57. The van der Waals surface area contributed by atoms with Crippen molar-refractivity contribution in [3.63, 3.8) is 0 Å². The molecule has 20 heavy (non-hydrogen) atoms. The van der Waals surface area contributed by atoms with Gasteiger partial charge < -0.3 is 25.6 Å². The van der Waals surface area contributed by atoms with Crippen molar-refractivity contribution in [1.29, 1.82) is 5.26 Å². The topological polar surface area (TPSA) is 118 Å². The predicted octanol–water partition coefficient (Wildman–Crippen LogP) is -0.0171.